The van der Waals surface area contributed by atoms with Crippen LogP contribution in [0.1, 0.15) is 47.5 Å². The van der Waals surface area contributed by atoms with E-state index in [4.69, 9.17) is 0 Å². The summed E-state index contributed by atoms with van der Waals surface area (Å²) in [7, 11) is 0. The van der Waals surface area contributed by atoms with E-state index in [2.05, 4.69) is 39.9 Å². The van der Waals surface area contributed by atoms with Crippen LogP contribution in [-0.2, 0) is 4.79 Å². The molecule has 0 saturated heterocycles. The normalized spacial score (nSPS) is 18.1. The zero-order chi connectivity index (χ0) is 11.0. The molecule has 0 radical (unpaired) electrons. The molecule has 0 unspecified atom stereocenters. The van der Waals surface area contributed by atoms with Crippen LogP contribution in [-0.4, -0.2) is 12.5 Å². The molecule has 1 saturated carbocycles. The fourth-order valence-electron chi connectivity index (χ4n) is 1.06. The van der Waals surface area contributed by atoms with Gasteiger partial charge in [0.1, 0.15) is 0 Å². The first-order chi connectivity index (χ1) is 6.24. The summed E-state index contributed by atoms with van der Waals surface area (Å²) in [6.45, 7) is 11.9. The van der Waals surface area contributed by atoms with E-state index in [1.54, 1.807) is 0 Å². The fourth-order valence-corrected chi connectivity index (χ4v) is 1.06. The average molecular weight is 197 g/mol. The molecule has 1 aliphatic carbocycles. The molecule has 0 spiro atoms. The van der Waals surface area contributed by atoms with E-state index in [9.17, 15) is 4.79 Å². The van der Waals surface area contributed by atoms with Crippen molar-refractivity contribution in [3.8, 4) is 0 Å². The molecule has 2 heteroatoms. The molecule has 2 nitrogen and oxygen atoms in total. The number of hydrogen-bond acceptors (Lipinski definition) is 1. The van der Waals surface area contributed by atoms with Crippen LogP contribution in [0.2, 0.25) is 0 Å². The van der Waals surface area contributed by atoms with Gasteiger partial charge in [-0.25, -0.2) is 0 Å². The summed E-state index contributed by atoms with van der Waals surface area (Å²) in [5.41, 5.74) is 0.376. The van der Waals surface area contributed by atoms with Crippen molar-refractivity contribution in [1.29, 1.82) is 0 Å². The second kappa shape index (κ2) is 3.56. The summed E-state index contributed by atoms with van der Waals surface area (Å²) in [6.07, 6.45) is 2.17. The molecule has 1 amide bonds. The Labute approximate surface area is 87.5 Å². The van der Waals surface area contributed by atoms with Crippen LogP contribution in [0, 0.1) is 16.7 Å². The van der Waals surface area contributed by atoms with Crippen LogP contribution >= 0.6 is 0 Å². The molecule has 0 aliphatic heterocycles. The Kier molecular flexibility index (Phi) is 2.93. The van der Waals surface area contributed by atoms with E-state index >= 15 is 0 Å². The quantitative estimate of drug-likeness (QED) is 0.740. The van der Waals surface area contributed by atoms with Gasteiger partial charge in [-0.1, -0.05) is 34.6 Å². The zero-order valence-electron chi connectivity index (χ0n) is 10.1. The number of nitrogens with one attached hydrogen (secondary N) is 1. The predicted octanol–water partition coefficient (Wildman–Crippen LogP) is 2.58. The van der Waals surface area contributed by atoms with Gasteiger partial charge in [-0.2, -0.15) is 0 Å². The topological polar surface area (TPSA) is 29.1 Å². The van der Waals surface area contributed by atoms with Gasteiger partial charge in [0.2, 0.25) is 5.91 Å². The highest BCUT2D eigenvalue weighted by molar-refractivity contribution is 5.80. The Bertz CT molecular complexity index is 221. The standard InChI is InChI=1S/C12H23NO/c1-11(2,3)12(4,5)8-13-10(14)9-6-7-9/h9H,6-8H2,1-5H3,(H,13,14). The van der Waals surface area contributed by atoms with Crippen LogP contribution in [0.3, 0.4) is 0 Å². The first-order valence-electron chi connectivity index (χ1n) is 5.52. The lowest BCUT2D eigenvalue weighted by Crippen LogP contribution is -2.42. The fraction of sp³-hybridized carbons (Fsp3) is 0.917. The van der Waals surface area contributed by atoms with Gasteiger partial charge >= 0.3 is 0 Å². The maximum Gasteiger partial charge on any atom is 0.223 e. The third-order valence-corrected chi connectivity index (χ3v) is 3.68. The van der Waals surface area contributed by atoms with E-state index in [0.29, 0.717) is 5.92 Å². The van der Waals surface area contributed by atoms with Gasteiger partial charge < -0.3 is 5.32 Å². The Morgan fingerprint density at radius 3 is 2.07 bits per heavy atom. The Morgan fingerprint density at radius 1 is 1.21 bits per heavy atom. The van der Waals surface area contributed by atoms with Crippen LogP contribution < -0.4 is 5.32 Å². The van der Waals surface area contributed by atoms with Crippen molar-refractivity contribution >= 4 is 5.91 Å². The lowest BCUT2D eigenvalue weighted by atomic mass is 9.69. The molecule has 0 aromatic heterocycles. The van der Waals surface area contributed by atoms with Crippen molar-refractivity contribution in [3.05, 3.63) is 0 Å². The van der Waals surface area contributed by atoms with Gasteiger partial charge in [0.05, 0.1) is 0 Å². The monoisotopic (exact) mass is 197 g/mol. The van der Waals surface area contributed by atoms with Gasteiger partial charge in [-0.05, 0) is 23.7 Å². The molecule has 0 aromatic rings. The largest absolute Gasteiger partial charge is 0.355 e. The number of rotatable bonds is 3. The zero-order valence-corrected chi connectivity index (χ0v) is 10.1. The molecule has 82 valence electrons. The molecule has 1 aliphatic rings. The second-order valence-electron chi connectivity index (χ2n) is 6.13. The lowest BCUT2D eigenvalue weighted by Gasteiger charge is -2.39. The minimum absolute atomic E-state index is 0.150. The lowest BCUT2D eigenvalue weighted by molar-refractivity contribution is -0.123. The summed E-state index contributed by atoms with van der Waals surface area (Å²) in [5, 5.41) is 3.05. The van der Waals surface area contributed by atoms with E-state index in [1.165, 1.54) is 0 Å². The Hall–Kier alpha value is -0.530. The summed E-state index contributed by atoms with van der Waals surface area (Å²) >= 11 is 0. The summed E-state index contributed by atoms with van der Waals surface area (Å²) < 4.78 is 0. The molecule has 0 aromatic carbocycles. The van der Waals surface area contributed by atoms with Gasteiger partial charge in [0.15, 0.2) is 0 Å². The van der Waals surface area contributed by atoms with Gasteiger partial charge in [-0.15, -0.1) is 0 Å². The maximum atomic E-state index is 11.5. The molecule has 1 N–H and O–H groups in total. The molecule has 0 bridgehead atoms. The van der Waals surface area contributed by atoms with Crippen molar-refractivity contribution in [1.82, 2.24) is 5.32 Å². The highest BCUT2D eigenvalue weighted by Gasteiger charge is 2.35. The van der Waals surface area contributed by atoms with Crippen molar-refractivity contribution < 1.29 is 4.79 Å². The highest BCUT2D eigenvalue weighted by atomic mass is 16.2. The summed E-state index contributed by atoms with van der Waals surface area (Å²) in [5.74, 6) is 0.577. The summed E-state index contributed by atoms with van der Waals surface area (Å²) in [4.78, 5) is 11.5. The second-order valence-corrected chi connectivity index (χ2v) is 6.13. The molecule has 0 heterocycles. The Morgan fingerprint density at radius 2 is 1.71 bits per heavy atom. The third-order valence-electron chi connectivity index (χ3n) is 3.68. The van der Waals surface area contributed by atoms with Gasteiger partial charge in [0, 0.05) is 12.5 Å². The van der Waals surface area contributed by atoms with E-state index in [0.717, 1.165) is 19.4 Å². The number of carbonyl (C=O) groups excluding carboxylic acids is 1. The minimum Gasteiger partial charge on any atom is -0.355 e. The Balaban J connectivity index is 2.39. The van der Waals surface area contributed by atoms with Crippen LogP contribution in [0.15, 0.2) is 0 Å². The van der Waals surface area contributed by atoms with Gasteiger partial charge in [0.25, 0.3) is 0 Å². The minimum atomic E-state index is 0.150. The number of hydrogen-bond donors (Lipinski definition) is 1. The van der Waals surface area contributed by atoms with Crippen LogP contribution in [0.25, 0.3) is 0 Å². The highest BCUT2D eigenvalue weighted by Crippen LogP contribution is 2.37. The third kappa shape index (κ3) is 2.73. The first kappa shape index (κ1) is 11.5. The van der Waals surface area contributed by atoms with Gasteiger partial charge in [-0.3, -0.25) is 4.79 Å². The summed E-state index contributed by atoms with van der Waals surface area (Å²) in [6, 6.07) is 0. The SMILES string of the molecule is CC(C)(C)C(C)(C)CNC(=O)C1CC1. The number of amides is 1. The maximum absolute atomic E-state index is 11.5. The first-order valence-corrected chi connectivity index (χ1v) is 5.52. The average Bonchev–Trinajstić information content (AvgIpc) is 2.80. The molecule has 14 heavy (non-hydrogen) atoms. The molecular formula is C12H23NO. The molecule has 1 rings (SSSR count). The molecule has 1 fully saturated rings. The van der Waals surface area contributed by atoms with Crippen molar-refractivity contribution in [3.63, 3.8) is 0 Å². The van der Waals surface area contributed by atoms with Crippen LogP contribution in [0.5, 0.6) is 0 Å². The van der Waals surface area contributed by atoms with E-state index in [1.807, 2.05) is 0 Å². The van der Waals surface area contributed by atoms with E-state index < -0.39 is 0 Å². The van der Waals surface area contributed by atoms with E-state index in [-0.39, 0.29) is 16.7 Å². The predicted molar refractivity (Wildman–Crippen MR) is 59.0 cm³/mol. The van der Waals surface area contributed by atoms with Crippen molar-refractivity contribution in [2.75, 3.05) is 6.54 Å². The number of carbonyl (C=O) groups is 1. The van der Waals surface area contributed by atoms with Crippen molar-refractivity contribution in [2.24, 2.45) is 16.7 Å². The smallest absolute Gasteiger partial charge is 0.223 e. The molecular weight excluding hydrogens is 174 g/mol. The molecule has 0 atom stereocenters. The van der Waals surface area contributed by atoms with Crippen molar-refractivity contribution in [2.45, 2.75) is 47.5 Å². The van der Waals surface area contributed by atoms with Crippen LogP contribution in [0.4, 0.5) is 0 Å².